The van der Waals surface area contributed by atoms with Gasteiger partial charge in [-0.25, -0.2) is 0 Å². The van der Waals surface area contributed by atoms with Crippen LogP contribution in [0, 0.1) is 0 Å². The zero-order valence-corrected chi connectivity index (χ0v) is 11.7. The summed E-state index contributed by atoms with van der Waals surface area (Å²) >= 11 is 0. The van der Waals surface area contributed by atoms with E-state index in [1.807, 2.05) is 17.0 Å². The molecule has 2 aromatic heterocycles. The number of furan rings is 1. The number of nitrogens with zero attached hydrogens (tertiary/aromatic N) is 4. The lowest BCUT2D eigenvalue weighted by atomic mass is 10.1. The molecule has 1 aliphatic rings. The molecule has 3 heterocycles. The molecule has 0 aliphatic carbocycles. The summed E-state index contributed by atoms with van der Waals surface area (Å²) in [4.78, 5) is 14.1. The Balaban J connectivity index is 1.50. The number of nitrogens with one attached hydrogen (secondary N) is 1. The van der Waals surface area contributed by atoms with E-state index in [-0.39, 0.29) is 5.91 Å². The van der Waals surface area contributed by atoms with Gasteiger partial charge in [-0.1, -0.05) is 11.3 Å². The Labute approximate surface area is 122 Å². The monoisotopic (exact) mass is 287 g/mol. The average Bonchev–Trinajstić information content (AvgIpc) is 3.21. The summed E-state index contributed by atoms with van der Waals surface area (Å²) in [6.45, 7) is 1.39. The lowest BCUT2D eigenvalue weighted by Crippen LogP contribution is -2.35. The largest absolute Gasteiger partial charge is 0.465 e. The summed E-state index contributed by atoms with van der Waals surface area (Å²) in [6.07, 6.45) is 6.56. The maximum absolute atomic E-state index is 12.2. The van der Waals surface area contributed by atoms with E-state index in [4.69, 9.17) is 4.42 Å². The summed E-state index contributed by atoms with van der Waals surface area (Å²) in [6, 6.07) is 3.79. The SMILES string of the molecule is O=C(CCCc1nn[nH]n1)N1CCC=C(c2ccco2)C1. The number of hydrogen-bond acceptors (Lipinski definition) is 5. The molecule has 0 aromatic carbocycles. The Morgan fingerprint density at radius 3 is 3.19 bits per heavy atom. The number of H-pyrrole nitrogens is 1. The highest BCUT2D eigenvalue weighted by Crippen LogP contribution is 2.21. The van der Waals surface area contributed by atoms with Gasteiger partial charge in [0.25, 0.3) is 0 Å². The molecule has 7 heteroatoms. The van der Waals surface area contributed by atoms with E-state index in [0.717, 1.165) is 30.7 Å². The Hall–Kier alpha value is -2.44. The van der Waals surface area contributed by atoms with E-state index in [1.54, 1.807) is 6.26 Å². The van der Waals surface area contributed by atoms with E-state index in [1.165, 1.54) is 0 Å². The highest BCUT2D eigenvalue weighted by Gasteiger charge is 2.19. The van der Waals surface area contributed by atoms with Crippen molar-refractivity contribution >= 4 is 11.5 Å². The summed E-state index contributed by atoms with van der Waals surface area (Å²) in [5.41, 5.74) is 1.08. The average molecular weight is 287 g/mol. The second kappa shape index (κ2) is 6.34. The third-order valence-corrected chi connectivity index (χ3v) is 3.52. The minimum absolute atomic E-state index is 0.163. The minimum atomic E-state index is 0.163. The highest BCUT2D eigenvalue weighted by molar-refractivity contribution is 5.79. The summed E-state index contributed by atoms with van der Waals surface area (Å²) in [7, 11) is 0. The maximum atomic E-state index is 12.2. The number of carbonyl (C=O) groups is 1. The summed E-state index contributed by atoms with van der Waals surface area (Å²) in [5.74, 6) is 1.66. The van der Waals surface area contributed by atoms with Gasteiger partial charge in [0.05, 0.1) is 6.26 Å². The molecule has 0 atom stereocenters. The number of aryl methyl sites for hydroxylation is 1. The van der Waals surface area contributed by atoms with E-state index in [9.17, 15) is 4.79 Å². The second-order valence-electron chi connectivity index (χ2n) is 4.99. The van der Waals surface area contributed by atoms with Gasteiger partial charge in [0.15, 0.2) is 5.82 Å². The third-order valence-electron chi connectivity index (χ3n) is 3.52. The van der Waals surface area contributed by atoms with Crippen LogP contribution in [0.3, 0.4) is 0 Å². The molecule has 1 N–H and O–H groups in total. The molecule has 3 rings (SSSR count). The Morgan fingerprint density at radius 2 is 2.43 bits per heavy atom. The molecule has 0 unspecified atom stereocenters. The number of tetrazole rings is 1. The molecule has 1 aliphatic heterocycles. The minimum Gasteiger partial charge on any atom is -0.465 e. The van der Waals surface area contributed by atoms with E-state index in [2.05, 4.69) is 26.7 Å². The molecular formula is C14H17N5O2. The van der Waals surface area contributed by atoms with Crippen molar-refractivity contribution in [2.75, 3.05) is 13.1 Å². The van der Waals surface area contributed by atoms with Gasteiger partial charge in [-0.3, -0.25) is 4.79 Å². The highest BCUT2D eigenvalue weighted by atomic mass is 16.3. The zero-order valence-electron chi connectivity index (χ0n) is 11.7. The van der Waals surface area contributed by atoms with Crippen LogP contribution in [0.25, 0.3) is 5.57 Å². The van der Waals surface area contributed by atoms with Crippen LogP contribution in [0.2, 0.25) is 0 Å². The second-order valence-corrected chi connectivity index (χ2v) is 4.99. The van der Waals surface area contributed by atoms with Gasteiger partial charge >= 0.3 is 0 Å². The van der Waals surface area contributed by atoms with Crippen LogP contribution in [0.5, 0.6) is 0 Å². The van der Waals surface area contributed by atoms with Crippen LogP contribution >= 0.6 is 0 Å². The van der Waals surface area contributed by atoms with Crippen molar-refractivity contribution < 1.29 is 9.21 Å². The van der Waals surface area contributed by atoms with Crippen molar-refractivity contribution in [2.45, 2.75) is 25.7 Å². The van der Waals surface area contributed by atoms with E-state index >= 15 is 0 Å². The lowest BCUT2D eigenvalue weighted by Gasteiger charge is -2.26. The zero-order chi connectivity index (χ0) is 14.5. The van der Waals surface area contributed by atoms with Gasteiger partial charge in [-0.15, -0.1) is 10.2 Å². The maximum Gasteiger partial charge on any atom is 0.222 e. The van der Waals surface area contributed by atoms with E-state index in [0.29, 0.717) is 25.2 Å². The number of aromatic amines is 1. The predicted octanol–water partition coefficient (Wildman–Crippen LogP) is 1.43. The van der Waals surface area contributed by atoms with Gasteiger partial charge in [0.2, 0.25) is 5.91 Å². The van der Waals surface area contributed by atoms with Crippen LogP contribution in [0.15, 0.2) is 28.9 Å². The van der Waals surface area contributed by atoms with E-state index < -0.39 is 0 Å². The molecule has 0 radical (unpaired) electrons. The molecule has 2 aromatic rings. The van der Waals surface area contributed by atoms with Crippen LogP contribution < -0.4 is 0 Å². The molecule has 21 heavy (non-hydrogen) atoms. The smallest absolute Gasteiger partial charge is 0.222 e. The Morgan fingerprint density at radius 1 is 1.48 bits per heavy atom. The van der Waals surface area contributed by atoms with Gasteiger partial charge in [0.1, 0.15) is 5.76 Å². The molecule has 0 saturated carbocycles. The van der Waals surface area contributed by atoms with Crippen molar-refractivity contribution in [2.24, 2.45) is 0 Å². The first-order valence-corrected chi connectivity index (χ1v) is 7.06. The van der Waals surface area contributed by atoms with Crippen molar-refractivity contribution in [3.8, 4) is 0 Å². The molecule has 0 saturated heterocycles. The molecule has 110 valence electrons. The van der Waals surface area contributed by atoms with Gasteiger partial charge < -0.3 is 9.32 Å². The number of hydrogen-bond donors (Lipinski definition) is 1. The van der Waals surface area contributed by atoms with Crippen molar-refractivity contribution in [1.82, 2.24) is 25.5 Å². The van der Waals surface area contributed by atoms with Crippen molar-refractivity contribution in [3.05, 3.63) is 36.1 Å². The number of rotatable bonds is 5. The van der Waals surface area contributed by atoms with Gasteiger partial charge in [0, 0.05) is 31.5 Å². The molecule has 1 amide bonds. The molecule has 7 nitrogen and oxygen atoms in total. The fraction of sp³-hybridized carbons (Fsp3) is 0.429. The van der Waals surface area contributed by atoms with Gasteiger partial charge in [-0.05, 0) is 25.0 Å². The van der Waals surface area contributed by atoms with Crippen molar-refractivity contribution in [1.29, 1.82) is 0 Å². The summed E-state index contributed by atoms with van der Waals surface area (Å²) < 4.78 is 5.40. The fourth-order valence-electron chi connectivity index (χ4n) is 2.44. The van der Waals surface area contributed by atoms with Gasteiger partial charge in [-0.2, -0.15) is 5.21 Å². The first kappa shape index (κ1) is 13.5. The first-order chi connectivity index (χ1) is 10.3. The third kappa shape index (κ3) is 3.36. The quantitative estimate of drug-likeness (QED) is 0.898. The topological polar surface area (TPSA) is 87.9 Å². The van der Waals surface area contributed by atoms with Crippen LogP contribution in [-0.2, 0) is 11.2 Å². The normalized spacial score (nSPS) is 15.0. The predicted molar refractivity (Wildman–Crippen MR) is 75.0 cm³/mol. The fourth-order valence-corrected chi connectivity index (χ4v) is 2.44. The first-order valence-electron chi connectivity index (χ1n) is 7.06. The van der Waals surface area contributed by atoms with Crippen LogP contribution in [-0.4, -0.2) is 44.5 Å². The number of amides is 1. The summed E-state index contributed by atoms with van der Waals surface area (Å²) in [5, 5.41) is 13.7. The molecule has 0 fully saturated rings. The Kier molecular flexibility index (Phi) is 4.09. The molecular weight excluding hydrogens is 270 g/mol. The molecule has 0 spiro atoms. The van der Waals surface area contributed by atoms with Crippen LogP contribution in [0.4, 0.5) is 0 Å². The number of carbonyl (C=O) groups excluding carboxylic acids is 1. The lowest BCUT2D eigenvalue weighted by molar-refractivity contribution is -0.130. The Bertz CT molecular complexity index is 603. The van der Waals surface area contributed by atoms with Crippen LogP contribution in [0.1, 0.15) is 30.8 Å². The number of aromatic nitrogens is 4. The standard InChI is InChI=1S/C14H17N5O2/c20-14(7-1-6-13-15-17-18-16-13)19-8-2-4-11(10-19)12-5-3-9-21-12/h3-5,9H,1-2,6-8,10H2,(H,15,16,17,18). The van der Waals surface area contributed by atoms with Crippen molar-refractivity contribution in [3.63, 3.8) is 0 Å². The molecule has 0 bridgehead atoms.